The standard InChI is InChI=1S/C13H15FN2O3/c1-8(17)16-3-2-12(18)13(19)10-4-9(7-15)5-11(14)6-10/h4-6,12-13,18-19H,2-3H2,1H3,(H,16,17). The van der Waals surface area contributed by atoms with Crippen molar-refractivity contribution in [2.45, 2.75) is 25.6 Å². The molecule has 0 spiro atoms. The Hall–Kier alpha value is -1.97. The summed E-state index contributed by atoms with van der Waals surface area (Å²) in [5.74, 6) is -0.888. The maximum absolute atomic E-state index is 13.2. The Balaban J connectivity index is 2.71. The molecule has 5 nitrogen and oxygen atoms in total. The van der Waals surface area contributed by atoms with E-state index in [4.69, 9.17) is 5.26 Å². The highest BCUT2D eigenvalue weighted by atomic mass is 19.1. The lowest BCUT2D eigenvalue weighted by Crippen LogP contribution is -2.27. The molecule has 0 aliphatic heterocycles. The number of benzene rings is 1. The summed E-state index contributed by atoms with van der Waals surface area (Å²) < 4.78 is 13.2. The van der Waals surface area contributed by atoms with E-state index in [0.29, 0.717) is 0 Å². The van der Waals surface area contributed by atoms with Crippen molar-refractivity contribution in [1.82, 2.24) is 5.32 Å². The summed E-state index contributed by atoms with van der Waals surface area (Å²) in [4.78, 5) is 10.7. The third kappa shape index (κ3) is 4.66. The van der Waals surface area contributed by atoms with Gasteiger partial charge in [0.15, 0.2) is 0 Å². The van der Waals surface area contributed by atoms with E-state index in [-0.39, 0.29) is 30.0 Å². The largest absolute Gasteiger partial charge is 0.390 e. The van der Waals surface area contributed by atoms with Crippen molar-refractivity contribution in [2.75, 3.05) is 6.54 Å². The van der Waals surface area contributed by atoms with Crippen molar-refractivity contribution in [3.8, 4) is 6.07 Å². The summed E-state index contributed by atoms with van der Waals surface area (Å²) in [6.07, 6.45) is -2.34. The molecule has 1 amide bonds. The summed E-state index contributed by atoms with van der Waals surface area (Å²) in [7, 11) is 0. The molecule has 102 valence electrons. The average Bonchev–Trinajstić information content (AvgIpc) is 2.36. The molecule has 0 radical (unpaired) electrons. The fourth-order valence-electron chi connectivity index (χ4n) is 1.62. The van der Waals surface area contributed by atoms with E-state index in [2.05, 4.69) is 5.32 Å². The van der Waals surface area contributed by atoms with E-state index < -0.39 is 18.0 Å². The summed E-state index contributed by atoms with van der Waals surface area (Å²) >= 11 is 0. The van der Waals surface area contributed by atoms with E-state index >= 15 is 0 Å². The number of carbonyl (C=O) groups is 1. The Morgan fingerprint density at radius 2 is 2.16 bits per heavy atom. The number of aliphatic hydroxyl groups is 2. The molecule has 6 heteroatoms. The molecule has 19 heavy (non-hydrogen) atoms. The van der Waals surface area contributed by atoms with Gasteiger partial charge in [0.2, 0.25) is 5.91 Å². The smallest absolute Gasteiger partial charge is 0.216 e. The molecule has 0 saturated heterocycles. The van der Waals surface area contributed by atoms with Crippen LogP contribution in [0, 0.1) is 17.1 Å². The van der Waals surface area contributed by atoms with Crippen molar-refractivity contribution in [3.63, 3.8) is 0 Å². The minimum Gasteiger partial charge on any atom is -0.390 e. The lowest BCUT2D eigenvalue weighted by atomic mass is 10.00. The zero-order valence-corrected chi connectivity index (χ0v) is 10.4. The van der Waals surface area contributed by atoms with E-state index in [9.17, 15) is 19.4 Å². The van der Waals surface area contributed by atoms with Crippen molar-refractivity contribution < 1.29 is 19.4 Å². The van der Waals surface area contributed by atoms with Gasteiger partial charge in [-0.15, -0.1) is 0 Å². The van der Waals surface area contributed by atoms with Gasteiger partial charge in [-0.1, -0.05) is 0 Å². The number of amides is 1. The minimum absolute atomic E-state index is 0.0723. The predicted molar refractivity (Wildman–Crippen MR) is 65.4 cm³/mol. The first-order valence-corrected chi connectivity index (χ1v) is 5.75. The zero-order chi connectivity index (χ0) is 14.4. The molecule has 0 aliphatic carbocycles. The minimum atomic E-state index is -1.31. The Bertz CT molecular complexity index is 499. The fourth-order valence-corrected chi connectivity index (χ4v) is 1.62. The van der Waals surface area contributed by atoms with Gasteiger partial charge >= 0.3 is 0 Å². The van der Waals surface area contributed by atoms with Crippen LogP contribution in [0.2, 0.25) is 0 Å². The third-order valence-electron chi connectivity index (χ3n) is 2.57. The van der Waals surface area contributed by atoms with E-state index in [1.165, 1.54) is 13.0 Å². The van der Waals surface area contributed by atoms with Crippen LogP contribution in [0.3, 0.4) is 0 Å². The van der Waals surface area contributed by atoms with E-state index in [1.54, 1.807) is 6.07 Å². The van der Waals surface area contributed by atoms with Gasteiger partial charge in [0, 0.05) is 13.5 Å². The number of carbonyl (C=O) groups excluding carboxylic acids is 1. The Morgan fingerprint density at radius 1 is 1.47 bits per heavy atom. The molecule has 0 saturated carbocycles. The highest BCUT2D eigenvalue weighted by molar-refractivity contribution is 5.72. The first-order chi connectivity index (χ1) is 8.93. The van der Waals surface area contributed by atoms with E-state index in [1.807, 2.05) is 0 Å². The zero-order valence-electron chi connectivity index (χ0n) is 10.4. The van der Waals surface area contributed by atoms with Gasteiger partial charge in [-0.25, -0.2) is 4.39 Å². The summed E-state index contributed by atoms with van der Waals surface area (Å²) in [6.45, 7) is 1.54. The van der Waals surface area contributed by atoms with Crippen LogP contribution in [0.4, 0.5) is 4.39 Å². The SMILES string of the molecule is CC(=O)NCCC(O)C(O)c1cc(F)cc(C#N)c1. The average molecular weight is 266 g/mol. The molecule has 0 heterocycles. The fraction of sp³-hybridized carbons (Fsp3) is 0.385. The van der Waals surface area contributed by atoms with Crippen molar-refractivity contribution in [1.29, 1.82) is 5.26 Å². The first kappa shape index (κ1) is 15.1. The van der Waals surface area contributed by atoms with Crippen LogP contribution in [0.25, 0.3) is 0 Å². The van der Waals surface area contributed by atoms with Crippen LogP contribution in [0.15, 0.2) is 18.2 Å². The topological polar surface area (TPSA) is 93.3 Å². The van der Waals surface area contributed by atoms with Gasteiger partial charge in [-0.05, 0) is 30.2 Å². The quantitative estimate of drug-likeness (QED) is 0.728. The number of rotatable bonds is 5. The summed E-state index contributed by atoms with van der Waals surface area (Å²) in [5.41, 5.74) is 0.204. The van der Waals surface area contributed by atoms with E-state index in [0.717, 1.165) is 12.1 Å². The monoisotopic (exact) mass is 266 g/mol. The molecule has 1 aromatic carbocycles. The Labute approximate surface area is 110 Å². The number of hydrogen-bond acceptors (Lipinski definition) is 4. The van der Waals surface area contributed by atoms with Gasteiger partial charge < -0.3 is 15.5 Å². The molecular weight excluding hydrogens is 251 g/mol. The predicted octanol–water partition coefficient (Wildman–Crippen LogP) is 0.618. The van der Waals surface area contributed by atoms with Gasteiger partial charge in [0.05, 0.1) is 17.7 Å². The highest BCUT2D eigenvalue weighted by Crippen LogP contribution is 2.21. The van der Waals surface area contributed by atoms with Crippen LogP contribution in [-0.2, 0) is 4.79 Å². The van der Waals surface area contributed by atoms with Crippen LogP contribution in [-0.4, -0.2) is 28.8 Å². The number of aliphatic hydroxyl groups excluding tert-OH is 2. The van der Waals surface area contributed by atoms with Crippen LogP contribution in [0.1, 0.15) is 30.6 Å². The molecule has 0 fully saturated rings. The maximum atomic E-state index is 13.2. The Kier molecular flexibility index (Phi) is 5.42. The molecule has 0 aromatic heterocycles. The second-order valence-corrected chi connectivity index (χ2v) is 4.17. The molecule has 0 aliphatic rings. The lowest BCUT2D eigenvalue weighted by Gasteiger charge is -2.18. The third-order valence-corrected chi connectivity index (χ3v) is 2.57. The van der Waals surface area contributed by atoms with Crippen molar-refractivity contribution >= 4 is 5.91 Å². The maximum Gasteiger partial charge on any atom is 0.216 e. The molecule has 1 rings (SSSR count). The molecule has 3 N–H and O–H groups in total. The second-order valence-electron chi connectivity index (χ2n) is 4.17. The van der Waals surface area contributed by atoms with Gasteiger partial charge in [0.1, 0.15) is 11.9 Å². The number of halogens is 1. The summed E-state index contributed by atoms with van der Waals surface area (Å²) in [6, 6.07) is 5.19. The van der Waals surface area contributed by atoms with Crippen LogP contribution >= 0.6 is 0 Å². The van der Waals surface area contributed by atoms with Crippen LogP contribution < -0.4 is 5.32 Å². The van der Waals surface area contributed by atoms with Gasteiger partial charge in [-0.3, -0.25) is 4.79 Å². The molecule has 2 atom stereocenters. The van der Waals surface area contributed by atoms with Crippen molar-refractivity contribution in [3.05, 3.63) is 35.1 Å². The molecule has 1 aromatic rings. The van der Waals surface area contributed by atoms with Gasteiger partial charge in [-0.2, -0.15) is 5.26 Å². The number of nitrogens with zero attached hydrogens (tertiary/aromatic N) is 1. The van der Waals surface area contributed by atoms with Crippen molar-refractivity contribution in [2.24, 2.45) is 0 Å². The molecule has 2 unspecified atom stereocenters. The van der Waals surface area contributed by atoms with Gasteiger partial charge in [0.25, 0.3) is 0 Å². The highest BCUT2D eigenvalue weighted by Gasteiger charge is 2.19. The molecular formula is C13H15FN2O3. The Morgan fingerprint density at radius 3 is 2.74 bits per heavy atom. The number of hydrogen-bond donors (Lipinski definition) is 3. The molecule has 0 bridgehead atoms. The lowest BCUT2D eigenvalue weighted by molar-refractivity contribution is -0.119. The normalized spacial score (nSPS) is 13.4. The second kappa shape index (κ2) is 6.83. The number of nitrogens with one attached hydrogen (secondary N) is 1. The summed E-state index contributed by atoms with van der Waals surface area (Å²) in [5, 5.41) is 30.8. The van der Waals surface area contributed by atoms with Crippen LogP contribution in [0.5, 0.6) is 0 Å². The first-order valence-electron chi connectivity index (χ1n) is 5.75. The number of nitriles is 1.